The first-order valence-electron chi connectivity index (χ1n) is 7.22. The molecule has 0 saturated carbocycles. The number of nitrogens with zero attached hydrogens (tertiary/aromatic N) is 1. The Morgan fingerprint density at radius 2 is 2.00 bits per heavy atom. The topological polar surface area (TPSA) is 20.3 Å². The molecule has 1 atom stereocenters. The van der Waals surface area contributed by atoms with Gasteiger partial charge in [0.15, 0.2) is 0 Å². The van der Waals surface area contributed by atoms with Gasteiger partial charge in [0, 0.05) is 17.8 Å². The van der Waals surface area contributed by atoms with Crippen LogP contribution in [0.25, 0.3) is 0 Å². The van der Waals surface area contributed by atoms with E-state index in [4.69, 9.17) is 0 Å². The van der Waals surface area contributed by atoms with Crippen molar-refractivity contribution >= 4 is 11.6 Å². The van der Waals surface area contributed by atoms with Gasteiger partial charge in [0.05, 0.1) is 0 Å². The number of fused-ring (bicyclic) bond motifs is 1. The van der Waals surface area contributed by atoms with Crippen LogP contribution in [0, 0.1) is 18.7 Å². The SMILES string of the molecule is Cc1cc(F)ccc1C(=O)N1CC(C)Cc2ccccc21. The fraction of sp³-hybridized carbons (Fsp3) is 0.278. The Bertz CT molecular complexity index is 695. The first kappa shape index (κ1) is 13.8. The van der Waals surface area contributed by atoms with Crippen molar-refractivity contribution in [3.8, 4) is 0 Å². The van der Waals surface area contributed by atoms with Crippen LogP contribution in [0.1, 0.15) is 28.4 Å². The van der Waals surface area contributed by atoms with Crippen LogP contribution in [-0.4, -0.2) is 12.5 Å². The third kappa shape index (κ3) is 2.56. The summed E-state index contributed by atoms with van der Waals surface area (Å²) in [6.07, 6.45) is 0.988. The molecule has 0 saturated heterocycles. The highest BCUT2D eigenvalue weighted by atomic mass is 19.1. The predicted octanol–water partition coefficient (Wildman–Crippen LogP) is 3.97. The molecule has 0 aliphatic carbocycles. The lowest BCUT2D eigenvalue weighted by atomic mass is 9.93. The number of rotatable bonds is 1. The summed E-state index contributed by atoms with van der Waals surface area (Å²) in [6, 6.07) is 12.3. The molecule has 3 rings (SSSR count). The standard InChI is InChI=1S/C18H18FNO/c1-12-9-14-5-3-4-6-17(14)20(11-12)18(21)16-8-7-15(19)10-13(16)2/h3-8,10,12H,9,11H2,1-2H3. The summed E-state index contributed by atoms with van der Waals surface area (Å²) in [5.41, 5.74) is 3.42. The van der Waals surface area contributed by atoms with E-state index in [1.807, 2.05) is 23.1 Å². The normalized spacial score (nSPS) is 17.5. The van der Waals surface area contributed by atoms with Crippen molar-refractivity contribution in [2.24, 2.45) is 5.92 Å². The molecule has 1 heterocycles. The molecule has 0 fully saturated rings. The van der Waals surface area contributed by atoms with Gasteiger partial charge in [-0.15, -0.1) is 0 Å². The predicted molar refractivity (Wildman–Crippen MR) is 82.1 cm³/mol. The number of halogens is 1. The van der Waals surface area contributed by atoms with E-state index in [1.165, 1.54) is 17.7 Å². The third-order valence-electron chi connectivity index (χ3n) is 4.01. The van der Waals surface area contributed by atoms with E-state index in [0.29, 0.717) is 23.6 Å². The molecule has 1 aliphatic heterocycles. The average molecular weight is 283 g/mol. The number of aryl methyl sites for hydroxylation is 1. The smallest absolute Gasteiger partial charge is 0.258 e. The van der Waals surface area contributed by atoms with Crippen molar-refractivity contribution in [1.82, 2.24) is 0 Å². The van der Waals surface area contributed by atoms with Crippen LogP contribution < -0.4 is 4.90 Å². The maximum absolute atomic E-state index is 13.2. The number of hydrogen-bond donors (Lipinski definition) is 0. The summed E-state index contributed by atoms with van der Waals surface area (Å²) in [4.78, 5) is 14.7. The Labute approximate surface area is 124 Å². The molecule has 2 aromatic rings. The van der Waals surface area contributed by atoms with Gasteiger partial charge in [0.25, 0.3) is 5.91 Å². The van der Waals surface area contributed by atoms with Crippen LogP contribution in [0.3, 0.4) is 0 Å². The van der Waals surface area contributed by atoms with Crippen molar-refractivity contribution in [3.05, 3.63) is 65.0 Å². The number of para-hydroxylation sites is 1. The molecule has 2 aromatic carbocycles. The third-order valence-corrected chi connectivity index (χ3v) is 4.01. The molecular weight excluding hydrogens is 265 g/mol. The number of carbonyl (C=O) groups excluding carboxylic acids is 1. The number of carbonyl (C=O) groups is 1. The number of anilines is 1. The highest BCUT2D eigenvalue weighted by Gasteiger charge is 2.27. The second-order valence-electron chi connectivity index (χ2n) is 5.81. The Morgan fingerprint density at radius 1 is 1.24 bits per heavy atom. The highest BCUT2D eigenvalue weighted by Crippen LogP contribution is 2.31. The Balaban J connectivity index is 2.02. The second-order valence-corrected chi connectivity index (χ2v) is 5.81. The molecule has 1 amide bonds. The van der Waals surface area contributed by atoms with Gasteiger partial charge in [-0.25, -0.2) is 4.39 Å². The van der Waals surface area contributed by atoms with Gasteiger partial charge < -0.3 is 4.90 Å². The first-order chi connectivity index (χ1) is 10.1. The lowest BCUT2D eigenvalue weighted by Gasteiger charge is -2.33. The summed E-state index contributed by atoms with van der Waals surface area (Å²) < 4.78 is 13.2. The van der Waals surface area contributed by atoms with Crippen LogP contribution in [-0.2, 0) is 6.42 Å². The lowest BCUT2D eigenvalue weighted by molar-refractivity contribution is 0.0980. The highest BCUT2D eigenvalue weighted by molar-refractivity contribution is 6.07. The average Bonchev–Trinajstić information content (AvgIpc) is 2.45. The van der Waals surface area contributed by atoms with E-state index >= 15 is 0 Å². The van der Waals surface area contributed by atoms with Crippen LogP contribution in [0.4, 0.5) is 10.1 Å². The number of hydrogen-bond acceptors (Lipinski definition) is 1. The fourth-order valence-electron chi connectivity index (χ4n) is 3.00. The maximum atomic E-state index is 13.2. The van der Waals surface area contributed by atoms with Gasteiger partial charge in [0.1, 0.15) is 5.82 Å². The van der Waals surface area contributed by atoms with E-state index in [-0.39, 0.29) is 11.7 Å². The Kier molecular flexibility index (Phi) is 3.50. The quantitative estimate of drug-likeness (QED) is 0.775. The molecule has 0 bridgehead atoms. The number of benzene rings is 2. The van der Waals surface area contributed by atoms with Crippen molar-refractivity contribution in [2.45, 2.75) is 20.3 Å². The molecule has 1 aliphatic rings. The fourth-order valence-corrected chi connectivity index (χ4v) is 3.00. The zero-order valence-corrected chi connectivity index (χ0v) is 12.3. The molecule has 0 spiro atoms. The molecule has 0 aromatic heterocycles. The molecule has 3 heteroatoms. The summed E-state index contributed by atoms with van der Waals surface area (Å²) in [5, 5.41) is 0. The zero-order chi connectivity index (χ0) is 15.0. The molecule has 0 radical (unpaired) electrons. The minimum atomic E-state index is -0.309. The van der Waals surface area contributed by atoms with Crippen LogP contribution in [0.15, 0.2) is 42.5 Å². The van der Waals surface area contributed by atoms with E-state index in [0.717, 1.165) is 12.1 Å². The summed E-state index contributed by atoms with van der Waals surface area (Å²) in [7, 11) is 0. The van der Waals surface area contributed by atoms with Crippen LogP contribution in [0.5, 0.6) is 0 Å². The van der Waals surface area contributed by atoms with E-state index < -0.39 is 0 Å². The molecule has 108 valence electrons. The van der Waals surface area contributed by atoms with E-state index in [9.17, 15) is 9.18 Å². The lowest BCUT2D eigenvalue weighted by Crippen LogP contribution is -2.39. The van der Waals surface area contributed by atoms with Gasteiger partial charge >= 0.3 is 0 Å². The summed E-state index contributed by atoms with van der Waals surface area (Å²) in [6.45, 7) is 4.62. The number of amides is 1. The van der Waals surface area contributed by atoms with Gasteiger partial charge in [0.2, 0.25) is 0 Å². The molecule has 1 unspecified atom stereocenters. The van der Waals surface area contributed by atoms with Crippen molar-refractivity contribution in [1.29, 1.82) is 0 Å². The van der Waals surface area contributed by atoms with E-state index in [1.54, 1.807) is 13.0 Å². The Hall–Kier alpha value is -2.16. The van der Waals surface area contributed by atoms with E-state index in [2.05, 4.69) is 13.0 Å². The van der Waals surface area contributed by atoms with Crippen molar-refractivity contribution in [2.75, 3.05) is 11.4 Å². The molecular formula is C18H18FNO. The second kappa shape index (κ2) is 5.32. The molecule has 2 nitrogen and oxygen atoms in total. The van der Waals surface area contributed by atoms with Crippen LogP contribution in [0.2, 0.25) is 0 Å². The van der Waals surface area contributed by atoms with Gasteiger partial charge in [-0.1, -0.05) is 25.1 Å². The minimum absolute atomic E-state index is 0.0495. The zero-order valence-electron chi connectivity index (χ0n) is 12.3. The van der Waals surface area contributed by atoms with Gasteiger partial charge in [-0.2, -0.15) is 0 Å². The molecule has 21 heavy (non-hydrogen) atoms. The summed E-state index contributed by atoms with van der Waals surface area (Å²) in [5.74, 6) is 0.0626. The van der Waals surface area contributed by atoms with Crippen molar-refractivity contribution in [3.63, 3.8) is 0 Å². The largest absolute Gasteiger partial charge is 0.308 e. The van der Waals surface area contributed by atoms with Gasteiger partial charge in [-0.05, 0) is 54.7 Å². The molecule has 0 N–H and O–H groups in total. The summed E-state index contributed by atoms with van der Waals surface area (Å²) >= 11 is 0. The maximum Gasteiger partial charge on any atom is 0.258 e. The Morgan fingerprint density at radius 3 is 2.76 bits per heavy atom. The van der Waals surface area contributed by atoms with Gasteiger partial charge in [-0.3, -0.25) is 4.79 Å². The van der Waals surface area contributed by atoms with Crippen LogP contribution >= 0.6 is 0 Å². The monoisotopic (exact) mass is 283 g/mol. The minimum Gasteiger partial charge on any atom is -0.308 e. The van der Waals surface area contributed by atoms with Crippen molar-refractivity contribution < 1.29 is 9.18 Å². The first-order valence-corrected chi connectivity index (χ1v) is 7.22.